The molecule has 0 aliphatic rings. The Morgan fingerprint density at radius 2 is 1.87 bits per heavy atom. The molecule has 80 valence electrons. The van der Waals surface area contributed by atoms with E-state index in [1.54, 1.807) is 19.1 Å². The summed E-state index contributed by atoms with van der Waals surface area (Å²) in [6.07, 6.45) is 0.292. The van der Waals surface area contributed by atoms with Gasteiger partial charge >= 0.3 is 5.97 Å². The van der Waals surface area contributed by atoms with Gasteiger partial charge in [0, 0.05) is 15.6 Å². The van der Waals surface area contributed by atoms with Crippen LogP contribution in [0.2, 0.25) is 0 Å². The summed E-state index contributed by atoms with van der Waals surface area (Å²) in [5.41, 5.74) is 0.569. The molecule has 1 aromatic carbocycles. The Balaban J connectivity index is 2.54. The zero-order valence-electron chi connectivity index (χ0n) is 8.33. The molecule has 0 spiro atoms. The SMILES string of the molecule is CCC(=O)OCC(=O)c1ccc(I)cc1. The van der Waals surface area contributed by atoms with Gasteiger partial charge in [-0.25, -0.2) is 0 Å². The highest BCUT2D eigenvalue weighted by molar-refractivity contribution is 14.1. The van der Waals surface area contributed by atoms with Crippen molar-refractivity contribution in [3.8, 4) is 0 Å². The van der Waals surface area contributed by atoms with E-state index in [0.717, 1.165) is 3.57 Å². The normalized spacial score (nSPS) is 9.73. The third-order valence-electron chi connectivity index (χ3n) is 1.82. The maximum absolute atomic E-state index is 11.5. The summed E-state index contributed by atoms with van der Waals surface area (Å²) in [4.78, 5) is 22.3. The maximum Gasteiger partial charge on any atom is 0.305 e. The van der Waals surface area contributed by atoms with Crippen molar-refractivity contribution in [1.29, 1.82) is 0 Å². The van der Waals surface area contributed by atoms with Crippen molar-refractivity contribution in [2.75, 3.05) is 6.61 Å². The van der Waals surface area contributed by atoms with Gasteiger partial charge in [0.1, 0.15) is 0 Å². The van der Waals surface area contributed by atoms with Crippen LogP contribution in [0, 0.1) is 3.57 Å². The van der Waals surface area contributed by atoms with E-state index in [4.69, 9.17) is 4.74 Å². The molecule has 0 fully saturated rings. The van der Waals surface area contributed by atoms with Gasteiger partial charge in [0.15, 0.2) is 12.4 Å². The summed E-state index contributed by atoms with van der Waals surface area (Å²) in [5.74, 6) is -0.526. The van der Waals surface area contributed by atoms with Crippen molar-refractivity contribution >= 4 is 34.3 Å². The van der Waals surface area contributed by atoms with Crippen LogP contribution in [-0.4, -0.2) is 18.4 Å². The second kappa shape index (κ2) is 5.85. The van der Waals surface area contributed by atoms with Crippen LogP contribution in [-0.2, 0) is 9.53 Å². The molecule has 4 heteroatoms. The van der Waals surface area contributed by atoms with Gasteiger partial charge in [-0.2, -0.15) is 0 Å². The molecule has 0 unspecified atom stereocenters. The molecule has 1 aromatic rings. The van der Waals surface area contributed by atoms with Crippen LogP contribution in [0.4, 0.5) is 0 Å². The van der Waals surface area contributed by atoms with Crippen molar-refractivity contribution in [2.45, 2.75) is 13.3 Å². The highest BCUT2D eigenvalue weighted by Gasteiger charge is 2.08. The number of hydrogen-bond acceptors (Lipinski definition) is 3. The average Bonchev–Trinajstić information content (AvgIpc) is 2.26. The second-order valence-corrected chi connectivity index (χ2v) is 4.19. The van der Waals surface area contributed by atoms with Gasteiger partial charge in [0.25, 0.3) is 0 Å². The number of ketones is 1. The van der Waals surface area contributed by atoms with E-state index in [-0.39, 0.29) is 18.4 Å². The first kappa shape index (κ1) is 12.2. The van der Waals surface area contributed by atoms with Crippen molar-refractivity contribution in [3.05, 3.63) is 33.4 Å². The van der Waals surface area contributed by atoms with E-state index in [2.05, 4.69) is 22.6 Å². The summed E-state index contributed by atoms with van der Waals surface area (Å²) >= 11 is 2.16. The molecule has 0 amide bonds. The van der Waals surface area contributed by atoms with Gasteiger partial charge in [0.05, 0.1) is 0 Å². The second-order valence-electron chi connectivity index (χ2n) is 2.94. The summed E-state index contributed by atoms with van der Waals surface area (Å²) in [6.45, 7) is 1.52. The van der Waals surface area contributed by atoms with Gasteiger partial charge in [-0.3, -0.25) is 9.59 Å². The Morgan fingerprint density at radius 3 is 2.40 bits per heavy atom. The number of Topliss-reactive ketones (excluding diaryl/α,β-unsaturated/α-hetero) is 1. The molecule has 0 radical (unpaired) electrons. The Labute approximate surface area is 102 Å². The van der Waals surface area contributed by atoms with E-state index >= 15 is 0 Å². The van der Waals surface area contributed by atoms with Crippen LogP contribution in [0.3, 0.4) is 0 Å². The molecule has 1 rings (SSSR count). The van der Waals surface area contributed by atoms with Crippen molar-refractivity contribution in [2.24, 2.45) is 0 Å². The predicted octanol–water partition coefficient (Wildman–Crippen LogP) is 2.43. The third-order valence-corrected chi connectivity index (χ3v) is 2.54. The summed E-state index contributed by atoms with van der Waals surface area (Å²) < 4.78 is 5.81. The largest absolute Gasteiger partial charge is 0.457 e. The lowest BCUT2D eigenvalue weighted by Crippen LogP contribution is -2.13. The van der Waals surface area contributed by atoms with E-state index in [9.17, 15) is 9.59 Å². The summed E-state index contributed by atoms with van der Waals surface area (Å²) in [7, 11) is 0. The van der Waals surface area contributed by atoms with Crippen LogP contribution in [0.1, 0.15) is 23.7 Å². The molecule has 0 saturated carbocycles. The predicted molar refractivity (Wildman–Crippen MR) is 64.7 cm³/mol. The lowest BCUT2D eigenvalue weighted by molar-refractivity contribution is -0.142. The first-order valence-electron chi connectivity index (χ1n) is 4.58. The number of rotatable bonds is 4. The van der Waals surface area contributed by atoms with Gasteiger partial charge < -0.3 is 4.74 Å². The fraction of sp³-hybridized carbons (Fsp3) is 0.273. The first-order valence-corrected chi connectivity index (χ1v) is 5.65. The minimum Gasteiger partial charge on any atom is -0.457 e. The fourth-order valence-electron chi connectivity index (χ4n) is 0.967. The number of hydrogen-bond donors (Lipinski definition) is 0. The first-order chi connectivity index (χ1) is 7.13. The van der Waals surface area contributed by atoms with Crippen LogP contribution in [0.25, 0.3) is 0 Å². The molecule has 15 heavy (non-hydrogen) atoms. The minimum atomic E-state index is -0.353. The fourth-order valence-corrected chi connectivity index (χ4v) is 1.33. The Morgan fingerprint density at radius 1 is 1.27 bits per heavy atom. The smallest absolute Gasteiger partial charge is 0.305 e. The van der Waals surface area contributed by atoms with Crippen molar-refractivity contribution in [1.82, 2.24) is 0 Å². The van der Waals surface area contributed by atoms with Crippen LogP contribution in [0.15, 0.2) is 24.3 Å². The van der Waals surface area contributed by atoms with E-state index in [0.29, 0.717) is 12.0 Å². The van der Waals surface area contributed by atoms with Crippen LogP contribution < -0.4 is 0 Å². The Hall–Kier alpha value is -0.910. The molecule has 0 N–H and O–H groups in total. The van der Waals surface area contributed by atoms with Crippen LogP contribution in [0.5, 0.6) is 0 Å². The number of ether oxygens (including phenoxy) is 1. The van der Waals surface area contributed by atoms with E-state index in [1.165, 1.54) is 0 Å². The number of carbonyl (C=O) groups is 2. The molecule has 0 aliphatic heterocycles. The Kier molecular flexibility index (Phi) is 4.74. The van der Waals surface area contributed by atoms with Gasteiger partial charge in [-0.1, -0.05) is 19.1 Å². The molecule has 0 heterocycles. The highest BCUT2D eigenvalue weighted by Crippen LogP contribution is 2.07. The van der Waals surface area contributed by atoms with E-state index in [1.807, 2.05) is 12.1 Å². The van der Waals surface area contributed by atoms with Crippen molar-refractivity contribution in [3.63, 3.8) is 0 Å². The number of benzene rings is 1. The quantitative estimate of drug-likeness (QED) is 0.486. The van der Waals surface area contributed by atoms with Gasteiger partial charge in [0.2, 0.25) is 0 Å². The lowest BCUT2D eigenvalue weighted by Gasteiger charge is -2.02. The molecule has 3 nitrogen and oxygen atoms in total. The Bertz CT molecular complexity index is 357. The van der Waals surface area contributed by atoms with Gasteiger partial charge in [-0.05, 0) is 34.7 Å². The van der Waals surface area contributed by atoms with Crippen molar-refractivity contribution < 1.29 is 14.3 Å². The molecule has 0 aromatic heterocycles. The maximum atomic E-state index is 11.5. The van der Waals surface area contributed by atoms with E-state index < -0.39 is 0 Å². The zero-order chi connectivity index (χ0) is 11.3. The molecule has 0 saturated heterocycles. The highest BCUT2D eigenvalue weighted by atomic mass is 127. The molecule has 0 aliphatic carbocycles. The average molecular weight is 318 g/mol. The monoisotopic (exact) mass is 318 g/mol. The summed E-state index contributed by atoms with van der Waals surface area (Å²) in [5, 5.41) is 0. The zero-order valence-corrected chi connectivity index (χ0v) is 10.5. The summed E-state index contributed by atoms with van der Waals surface area (Å²) in [6, 6.07) is 7.14. The number of esters is 1. The number of halogens is 1. The minimum absolute atomic E-state index is 0.173. The molecular formula is C11H11IO3. The standard InChI is InChI=1S/C11H11IO3/c1-2-11(14)15-7-10(13)8-3-5-9(12)6-4-8/h3-6H,2,7H2,1H3. The molecule has 0 atom stereocenters. The topological polar surface area (TPSA) is 43.4 Å². The molecular weight excluding hydrogens is 307 g/mol. The van der Waals surface area contributed by atoms with Gasteiger partial charge in [-0.15, -0.1) is 0 Å². The third kappa shape index (κ3) is 3.99. The molecule has 0 bridgehead atoms. The number of carbonyl (C=O) groups excluding carboxylic acids is 2. The lowest BCUT2D eigenvalue weighted by atomic mass is 10.1. The van der Waals surface area contributed by atoms with Crippen LogP contribution >= 0.6 is 22.6 Å².